The highest BCUT2D eigenvalue weighted by molar-refractivity contribution is 7.18. The van der Waals surface area contributed by atoms with E-state index in [0.717, 1.165) is 42.2 Å². The lowest BCUT2D eigenvalue weighted by molar-refractivity contribution is 0.198. The van der Waals surface area contributed by atoms with E-state index in [2.05, 4.69) is 32.1 Å². The molecule has 6 rings (SSSR count). The number of imidazole rings is 1. The van der Waals surface area contributed by atoms with Crippen LogP contribution >= 0.6 is 11.3 Å². The maximum Gasteiger partial charge on any atom is 0.210 e. The number of hydrogen-bond acceptors (Lipinski definition) is 9. The third-order valence-corrected chi connectivity index (χ3v) is 8.37. The standard InChI is InChI=1S/C24H28FN7O2S/c1-14-11-32-12-16(19(34-3)18(25)20(32)26-14)27-21(33)23-28-15-5-6-17(29-22(15)35-23)31-10-8-24(13-31)7-4-9-30(24)2/h5-6,11-12,21,27,33H,4,7-10,13H2,1-3H3/t21?,24-/m1/s1. The van der Waals surface area contributed by atoms with Gasteiger partial charge in [0.25, 0.3) is 0 Å². The third kappa shape index (κ3) is 3.69. The number of pyridine rings is 2. The molecule has 0 aliphatic carbocycles. The molecular weight excluding hydrogens is 469 g/mol. The van der Waals surface area contributed by atoms with Crippen LogP contribution in [0.25, 0.3) is 16.0 Å². The molecule has 4 aromatic rings. The molecule has 0 amide bonds. The Morgan fingerprint density at radius 3 is 2.83 bits per heavy atom. The molecule has 2 fully saturated rings. The van der Waals surface area contributed by atoms with E-state index in [1.54, 1.807) is 23.7 Å². The first-order valence-corrected chi connectivity index (χ1v) is 12.6. The van der Waals surface area contributed by atoms with Gasteiger partial charge in [-0.2, -0.15) is 4.39 Å². The Kier molecular flexibility index (Phi) is 5.31. The monoisotopic (exact) mass is 497 g/mol. The number of nitrogens with one attached hydrogen (secondary N) is 1. The summed E-state index contributed by atoms with van der Waals surface area (Å²) < 4.78 is 21.8. The average Bonchev–Trinajstić information content (AvgIpc) is 3.61. The molecule has 0 saturated carbocycles. The molecule has 1 spiro atoms. The lowest BCUT2D eigenvalue weighted by Gasteiger charge is -2.32. The number of halogens is 1. The molecule has 0 bridgehead atoms. The number of ether oxygens (including phenoxy) is 1. The van der Waals surface area contributed by atoms with Crippen LogP contribution < -0.4 is 15.0 Å². The molecule has 0 radical (unpaired) electrons. The largest absolute Gasteiger partial charge is 0.491 e. The van der Waals surface area contributed by atoms with Crippen LogP contribution in [0.4, 0.5) is 15.9 Å². The second-order valence-corrected chi connectivity index (χ2v) is 10.5. The van der Waals surface area contributed by atoms with E-state index in [9.17, 15) is 9.50 Å². The van der Waals surface area contributed by atoms with Crippen LogP contribution in [0.3, 0.4) is 0 Å². The van der Waals surface area contributed by atoms with Crippen molar-refractivity contribution in [3.63, 3.8) is 0 Å². The number of aliphatic hydroxyl groups excluding tert-OH is 1. The Morgan fingerprint density at radius 2 is 2.06 bits per heavy atom. The van der Waals surface area contributed by atoms with Gasteiger partial charge in [0.2, 0.25) is 5.82 Å². The maximum atomic E-state index is 14.9. The maximum absolute atomic E-state index is 14.9. The zero-order valence-corrected chi connectivity index (χ0v) is 20.8. The Bertz CT molecular complexity index is 1420. The number of methoxy groups -OCH3 is 1. The van der Waals surface area contributed by atoms with Crippen molar-refractivity contribution in [3.05, 3.63) is 41.0 Å². The van der Waals surface area contributed by atoms with Crippen molar-refractivity contribution < 1.29 is 14.2 Å². The van der Waals surface area contributed by atoms with Crippen molar-refractivity contribution in [1.82, 2.24) is 24.3 Å². The minimum absolute atomic E-state index is 0.0106. The zero-order valence-electron chi connectivity index (χ0n) is 20.0. The van der Waals surface area contributed by atoms with E-state index in [-0.39, 0.29) is 16.9 Å². The molecular formula is C24H28FN7O2S. The highest BCUT2D eigenvalue weighted by Gasteiger charge is 2.44. The molecule has 184 valence electrons. The molecule has 4 aromatic heterocycles. The Balaban J connectivity index is 1.25. The fourth-order valence-corrected chi connectivity index (χ4v) is 6.33. The number of likely N-dealkylation sites (N-methyl/N-ethyl adjacent to an activating group) is 1. The van der Waals surface area contributed by atoms with Crippen LogP contribution in [0.2, 0.25) is 0 Å². The summed E-state index contributed by atoms with van der Waals surface area (Å²) in [6, 6.07) is 3.96. The number of aromatic nitrogens is 4. The van der Waals surface area contributed by atoms with E-state index >= 15 is 0 Å². The average molecular weight is 498 g/mol. The molecule has 11 heteroatoms. The number of nitrogens with zero attached hydrogens (tertiary/aromatic N) is 6. The molecule has 2 atom stereocenters. The summed E-state index contributed by atoms with van der Waals surface area (Å²) >= 11 is 1.32. The lowest BCUT2D eigenvalue weighted by atomic mass is 9.96. The van der Waals surface area contributed by atoms with Crippen molar-refractivity contribution >= 4 is 38.8 Å². The highest BCUT2D eigenvalue weighted by Crippen LogP contribution is 2.39. The van der Waals surface area contributed by atoms with E-state index in [4.69, 9.17) is 9.72 Å². The quantitative estimate of drug-likeness (QED) is 0.405. The minimum Gasteiger partial charge on any atom is -0.491 e. The van der Waals surface area contributed by atoms with E-state index in [1.807, 2.05) is 12.1 Å². The fourth-order valence-electron chi connectivity index (χ4n) is 5.46. The van der Waals surface area contributed by atoms with Gasteiger partial charge in [-0.3, -0.25) is 4.90 Å². The van der Waals surface area contributed by atoms with Gasteiger partial charge in [-0.15, -0.1) is 0 Å². The molecule has 2 saturated heterocycles. The molecule has 6 heterocycles. The number of aliphatic hydroxyl groups is 1. The zero-order chi connectivity index (χ0) is 24.3. The summed E-state index contributed by atoms with van der Waals surface area (Å²) in [5, 5.41) is 14.3. The summed E-state index contributed by atoms with van der Waals surface area (Å²) in [7, 11) is 3.61. The van der Waals surface area contributed by atoms with Crippen molar-refractivity contribution in [2.24, 2.45) is 0 Å². The molecule has 2 aliphatic heterocycles. The van der Waals surface area contributed by atoms with E-state index in [1.165, 1.54) is 31.3 Å². The summed E-state index contributed by atoms with van der Waals surface area (Å²) in [5.74, 6) is 0.338. The first-order chi connectivity index (χ1) is 16.9. The normalized spacial score (nSPS) is 21.6. The van der Waals surface area contributed by atoms with Gasteiger partial charge < -0.3 is 24.5 Å². The Labute approximate surface area is 206 Å². The smallest absolute Gasteiger partial charge is 0.210 e. The second kappa shape index (κ2) is 8.28. The number of likely N-dealkylation sites (tertiary alicyclic amines) is 1. The number of thiazole rings is 1. The second-order valence-electron chi connectivity index (χ2n) is 9.52. The Hall–Kier alpha value is -3.02. The highest BCUT2D eigenvalue weighted by atomic mass is 32.1. The first-order valence-electron chi connectivity index (χ1n) is 11.8. The number of aryl methyl sites for hydroxylation is 1. The SMILES string of the molecule is COc1c(NC(O)c2nc3ccc(N4CC[C@]5(CCCN5C)C4)nc3s2)cn2cc(C)nc2c1F. The van der Waals surface area contributed by atoms with Crippen molar-refractivity contribution in [2.75, 3.05) is 44.0 Å². The van der Waals surface area contributed by atoms with Gasteiger partial charge in [0, 0.05) is 31.0 Å². The topological polar surface area (TPSA) is 91.0 Å². The van der Waals surface area contributed by atoms with Crippen molar-refractivity contribution in [1.29, 1.82) is 0 Å². The predicted octanol–water partition coefficient (Wildman–Crippen LogP) is 3.57. The van der Waals surface area contributed by atoms with Crippen molar-refractivity contribution in [2.45, 2.75) is 38.0 Å². The van der Waals surface area contributed by atoms with Gasteiger partial charge in [-0.25, -0.2) is 15.0 Å². The summed E-state index contributed by atoms with van der Waals surface area (Å²) in [5.41, 5.74) is 2.14. The van der Waals surface area contributed by atoms with Gasteiger partial charge in [0.15, 0.2) is 17.6 Å². The number of rotatable bonds is 5. The van der Waals surface area contributed by atoms with Gasteiger partial charge in [0.1, 0.15) is 21.2 Å². The number of fused-ring (bicyclic) bond motifs is 2. The summed E-state index contributed by atoms with van der Waals surface area (Å²) in [6.07, 6.45) is 5.84. The summed E-state index contributed by atoms with van der Waals surface area (Å²) in [6.45, 7) is 4.92. The van der Waals surface area contributed by atoms with Crippen molar-refractivity contribution in [3.8, 4) is 5.75 Å². The van der Waals surface area contributed by atoms with Gasteiger partial charge >= 0.3 is 0 Å². The van der Waals surface area contributed by atoms with E-state index in [0.29, 0.717) is 16.4 Å². The number of hydrogen-bond donors (Lipinski definition) is 2. The first kappa shape index (κ1) is 22.4. The van der Waals surface area contributed by atoms with Crippen LogP contribution in [0.1, 0.15) is 36.2 Å². The van der Waals surface area contributed by atoms with Crippen LogP contribution in [-0.2, 0) is 0 Å². The molecule has 0 aromatic carbocycles. The third-order valence-electron chi connectivity index (χ3n) is 7.35. The fraction of sp³-hybridized carbons (Fsp3) is 0.458. The van der Waals surface area contributed by atoms with Gasteiger partial charge in [-0.1, -0.05) is 11.3 Å². The van der Waals surface area contributed by atoms with E-state index < -0.39 is 12.0 Å². The lowest BCUT2D eigenvalue weighted by Crippen LogP contribution is -2.43. The summed E-state index contributed by atoms with van der Waals surface area (Å²) in [4.78, 5) is 19.2. The van der Waals surface area contributed by atoms with Crippen LogP contribution in [0.15, 0.2) is 24.5 Å². The van der Waals surface area contributed by atoms with Crippen LogP contribution in [0, 0.1) is 12.7 Å². The van der Waals surface area contributed by atoms with Gasteiger partial charge in [-0.05, 0) is 51.9 Å². The van der Waals surface area contributed by atoms with Gasteiger partial charge in [0.05, 0.1) is 18.5 Å². The molecule has 2 aliphatic rings. The molecule has 35 heavy (non-hydrogen) atoms. The molecule has 1 unspecified atom stereocenters. The van der Waals surface area contributed by atoms with Crippen LogP contribution in [-0.4, -0.2) is 68.7 Å². The number of anilines is 2. The molecule has 9 nitrogen and oxygen atoms in total. The van der Waals surface area contributed by atoms with Crippen LogP contribution in [0.5, 0.6) is 5.75 Å². The Morgan fingerprint density at radius 1 is 1.20 bits per heavy atom. The predicted molar refractivity (Wildman–Crippen MR) is 134 cm³/mol. The molecule has 2 N–H and O–H groups in total. The minimum atomic E-state index is -1.16.